The molecule has 2 aromatic carbocycles. The fourth-order valence-corrected chi connectivity index (χ4v) is 3.51. The molecule has 2 aromatic rings. The molecule has 8 heteroatoms. The molecule has 0 aromatic heterocycles. The van der Waals surface area contributed by atoms with Crippen LogP contribution in [0.1, 0.15) is 27.9 Å². The van der Waals surface area contributed by atoms with Crippen molar-refractivity contribution in [1.29, 1.82) is 0 Å². The van der Waals surface area contributed by atoms with Gasteiger partial charge in [0.25, 0.3) is 5.91 Å². The Morgan fingerprint density at radius 2 is 1.66 bits per heavy atom. The molecule has 0 radical (unpaired) electrons. The monoisotopic (exact) mass is 419 g/mol. The van der Waals surface area contributed by atoms with Gasteiger partial charge in [-0.25, -0.2) is 0 Å². The van der Waals surface area contributed by atoms with Crippen molar-refractivity contribution in [3.05, 3.63) is 41.0 Å². The number of methoxy groups -OCH3 is 3. The number of carbonyl (C=O) groups is 2. The number of carboxylic acid groups (broad SMARTS) is 1. The van der Waals surface area contributed by atoms with E-state index >= 15 is 0 Å². The van der Waals surface area contributed by atoms with Gasteiger partial charge in [0.2, 0.25) is 5.75 Å². The first-order valence-corrected chi connectivity index (χ1v) is 9.31. The van der Waals surface area contributed by atoms with Crippen LogP contribution in [0.4, 0.5) is 5.69 Å². The van der Waals surface area contributed by atoms with Crippen LogP contribution in [-0.4, -0.2) is 45.4 Å². The maximum atomic E-state index is 13.3. The van der Waals surface area contributed by atoms with Gasteiger partial charge in [-0.05, 0) is 42.7 Å². The second kappa shape index (κ2) is 9.56. The molecule has 29 heavy (non-hydrogen) atoms. The minimum atomic E-state index is -0.904. The van der Waals surface area contributed by atoms with E-state index < -0.39 is 5.97 Å². The number of amides is 1. The molecule has 1 amide bonds. The number of thiol groups is 1. The van der Waals surface area contributed by atoms with Gasteiger partial charge in [-0.2, -0.15) is 0 Å². The SMILES string of the molecule is COc1cc(C(=O)N(C)c2c(S)ccc(C)c2CCC(=O)O)cc(OC)c1OC. The third-order valence-electron chi connectivity index (χ3n) is 4.64. The molecule has 0 heterocycles. The lowest BCUT2D eigenvalue weighted by Crippen LogP contribution is -2.28. The van der Waals surface area contributed by atoms with Crippen LogP contribution in [0.5, 0.6) is 17.2 Å². The summed E-state index contributed by atoms with van der Waals surface area (Å²) < 4.78 is 16.0. The minimum absolute atomic E-state index is 0.0444. The number of carbonyl (C=O) groups excluding carboxylic acids is 1. The molecule has 0 aliphatic heterocycles. The molecule has 0 bridgehead atoms. The van der Waals surface area contributed by atoms with E-state index in [9.17, 15) is 9.59 Å². The molecule has 0 aliphatic rings. The number of benzene rings is 2. The number of anilines is 1. The third-order valence-corrected chi connectivity index (χ3v) is 5.00. The van der Waals surface area contributed by atoms with Crippen LogP contribution in [-0.2, 0) is 11.2 Å². The van der Waals surface area contributed by atoms with E-state index in [0.29, 0.717) is 33.4 Å². The van der Waals surface area contributed by atoms with Crippen molar-refractivity contribution in [2.75, 3.05) is 33.3 Å². The second-order valence-electron chi connectivity index (χ2n) is 6.40. The topological polar surface area (TPSA) is 85.3 Å². The number of aliphatic carboxylic acids is 1. The van der Waals surface area contributed by atoms with Gasteiger partial charge in [-0.1, -0.05) is 6.07 Å². The molecule has 156 valence electrons. The van der Waals surface area contributed by atoms with Crippen molar-refractivity contribution in [3.8, 4) is 17.2 Å². The predicted octanol–water partition coefficient (Wildman–Crippen LogP) is 3.60. The van der Waals surface area contributed by atoms with Gasteiger partial charge in [0.1, 0.15) is 0 Å². The van der Waals surface area contributed by atoms with E-state index in [1.54, 1.807) is 25.2 Å². The van der Waals surface area contributed by atoms with Crippen LogP contribution >= 0.6 is 12.6 Å². The number of ether oxygens (including phenoxy) is 3. The fourth-order valence-electron chi connectivity index (χ4n) is 3.15. The first-order valence-electron chi connectivity index (χ1n) is 8.86. The van der Waals surface area contributed by atoms with Crippen LogP contribution in [0.15, 0.2) is 29.2 Å². The van der Waals surface area contributed by atoms with Crippen molar-refractivity contribution in [2.45, 2.75) is 24.7 Å². The summed E-state index contributed by atoms with van der Waals surface area (Å²) in [6, 6.07) is 6.80. The minimum Gasteiger partial charge on any atom is -0.493 e. The average molecular weight is 419 g/mol. The highest BCUT2D eigenvalue weighted by Gasteiger charge is 2.23. The quantitative estimate of drug-likeness (QED) is 0.636. The van der Waals surface area contributed by atoms with Crippen molar-refractivity contribution in [1.82, 2.24) is 0 Å². The standard InChI is InChI=1S/C21H25NO6S/c1-12-6-8-17(29)19(14(12)7-9-18(23)24)22(2)21(25)13-10-15(26-3)20(28-5)16(11-13)27-4/h6,8,10-11,29H,7,9H2,1-5H3,(H,23,24). The molecule has 2 rings (SSSR count). The van der Waals surface area contributed by atoms with Crippen molar-refractivity contribution in [2.24, 2.45) is 0 Å². The van der Waals surface area contributed by atoms with Gasteiger partial charge >= 0.3 is 5.97 Å². The lowest BCUT2D eigenvalue weighted by Gasteiger charge is -2.24. The molecule has 0 unspecified atom stereocenters. The van der Waals surface area contributed by atoms with E-state index in [1.807, 2.05) is 13.0 Å². The van der Waals surface area contributed by atoms with Gasteiger partial charge in [-0.3, -0.25) is 9.59 Å². The molecule has 0 atom stereocenters. The van der Waals surface area contributed by atoms with Crippen molar-refractivity contribution < 1.29 is 28.9 Å². The zero-order valence-electron chi connectivity index (χ0n) is 17.1. The number of aryl methyl sites for hydroxylation is 1. The maximum absolute atomic E-state index is 13.3. The number of hydrogen-bond acceptors (Lipinski definition) is 6. The molecule has 1 N–H and O–H groups in total. The first-order chi connectivity index (χ1) is 13.7. The summed E-state index contributed by atoms with van der Waals surface area (Å²) in [7, 11) is 6.07. The average Bonchev–Trinajstić information content (AvgIpc) is 2.71. The van der Waals surface area contributed by atoms with E-state index in [-0.39, 0.29) is 18.7 Å². The highest BCUT2D eigenvalue weighted by molar-refractivity contribution is 7.80. The third kappa shape index (κ3) is 4.76. The van der Waals surface area contributed by atoms with Gasteiger partial charge in [0.15, 0.2) is 11.5 Å². The van der Waals surface area contributed by atoms with Crippen molar-refractivity contribution >= 4 is 30.2 Å². The molecule has 0 aliphatic carbocycles. The second-order valence-corrected chi connectivity index (χ2v) is 6.88. The zero-order chi connectivity index (χ0) is 21.7. The van der Waals surface area contributed by atoms with Crippen LogP contribution in [0.25, 0.3) is 0 Å². The summed E-state index contributed by atoms with van der Waals surface area (Å²) in [6.07, 6.45) is 0.245. The van der Waals surface area contributed by atoms with Crippen LogP contribution < -0.4 is 19.1 Å². The molecule has 0 saturated heterocycles. The summed E-state index contributed by atoms with van der Waals surface area (Å²) >= 11 is 4.50. The number of carboxylic acids is 1. The Kier molecular flexibility index (Phi) is 7.39. The lowest BCUT2D eigenvalue weighted by atomic mass is 10.00. The number of hydrogen-bond donors (Lipinski definition) is 2. The summed E-state index contributed by atoms with van der Waals surface area (Å²) in [5.41, 5.74) is 2.57. The van der Waals surface area contributed by atoms with Gasteiger partial charge in [-0.15, -0.1) is 12.6 Å². The molecule has 0 saturated carbocycles. The summed E-state index contributed by atoms with van der Waals surface area (Å²) in [6.45, 7) is 1.88. The molecular weight excluding hydrogens is 394 g/mol. The Balaban J connectivity index is 2.53. The maximum Gasteiger partial charge on any atom is 0.303 e. The highest BCUT2D eigenvalue weighted by atomic mass is 32.1. The Hall–Kier alpha value is -2.87. The lowest BCUT2D eigenvalue weighted by molar-refractivity contribution is -0.136. The fraction of sp³-hybridized carbons (Fsp3) is 0.333. The Morgan fingerprint density at radius 1 is 1.07 bits per heavy atom. The van der Waals surface area contributed by atoms with Gasteiger partial charge in [0.05, 0.1) is 27.0 Å². The molecule has 0 fully saturated rings. The van der Waals surface area contributed by atoms with E-state index in [4.69, 9.17) is 19.3 Å². The van der Waals surface area contributed by atoms with Gasteiger partial charge in [0, 0.05) is 23.9 Å². The first kappa shape index (κ1) is 22.4. The van der Waals surface area contributed by atoms with Crippen LogP contribution in [0, 0.1) is 6.92 Å². The van der Waals surface area contributed by atoms with E-state index in [1.165, 1.54) is 26.2 Å². The number of rotatable bonds is 8. The normalized spacial score (nSPS) is 10.4. The molecular formula is C21H25NO6S. The smallest absolute Gasteiger partial charge is 0.303 e. The summed E-state index contributed by atoms with van der Waals surface area (Å²) in [5, 5.41) is 9.08. The largest absolute Gasteiger partial charge is 0.493 e. The van der Waals surface area contributed by atoms with Crippen LogP contribution in [0.3, 0.4) is 0 Å². The van der Waals surface area contributed by atoms with E-state index in [0.717, 1.165) is 11.1 Å². The van der Waals surface area contributed by atoms with Crippen molar-refractivity contribution in [3.63, 3.8) is 0 Å². The van der Waals surface area contributed by atoms with Crippen LogP contribution in [0.2, 0.25) is 0 Å². The zero-order valence-corrected chi connectivity index (χ0v) is 18.0. The van der Waals surface area contributed by atoms with E-state index in [2.05, 4.69) is 12.6 Å². The summed E-state index contributed by atoms with van der Waals surface area (Å²) in [5.74, 6) is -0.0999. The van der Waals surface area contributed by atoms with Gasteiger partial charge < -0.3 is 24.2 Å². The molecule has 7 nitrogen and oxygen atoms in total. The molecule has 0 spiro atoms. The predicted molar refractivity (Wildman–Crippen MR) is 113 cm³/mol. The summed E-state index contributed by atoms with van der Waals surface area (Å²) in [4.78, 5) is 26.4. The Morgan fingerprint density at radius 3 is 2.14 bits per heavy atom. The Bertz CT molecular complexity index is 903. The number of nitrogens with zero attached hydrogens (tertiary/aromatic N) is 1. The Labute approximate surface area is 175 Å². The highest BCUT2D eigenvalue weighted by Crippen LogP contribution is 2.39.